The Kier molecular flexibility index (Phi) is 5.31. The average molecular weight is 297 g/mol. The number of hydrogen-bond acceptors (Lipinski definition) is 3. The standard InChI is InChI=1S/C18H19NO3/c1-3-19(14(2)20)22-18(21)17(15-10-6-4-7-11-15)16-12-8-5-9-13-16/h4-13,17H,3H2,1-2H3. The summed E-state index contributed by atoms with van der Waals surface area (Å²) in [5, 5.41) is 1.07. The Morgan fingerprint density at radius 3 is 1.77 bits per heavy atom. The highest BCUT2D eigenvalue weighted by Crippen LogP contribution is 2.26. The van der Waals surface area contributed by atoms with Gasteiger partial charge in [0.05, 0.1) is 6.54 Å². The average Bonchev–Trinajstić information content (AvgIpc) is 2.54. The highest BCUT2D eigenvalue weighted by Gasteiger charge is 2.27. The van der Waals surface area contributed by atoms with Gasteiger partial charge in [0.25, 0.3) is 5.91 Å². The van der Waals surface area contributed by atoms with Gasteiger partial charge in [-0.2, -0.15) is 5.06 Å². The van der Waals surface area contributed by atoms with Crippen molar-refractivity contribution in [3.63, 3.8) is 0 Å². The molecule has 0 aliphatic rings. The molecule has 0 fully saturated rings. The van der Waals surface area contributed by atoms with Crippen LogP contribution in [-0.2, 0) is 14.4 Å². The fourth-order valence-corrected chi connectivity index (χ4v) is 2.27. The highest BCUT2D eigenvalue weighted by atomic mass is 16.7. The summed E-state index contributed by atoms with van der Waals surface area (Å²) in [6.45, 7) is 3.45. The van der Waals surface area contributed by atoms with Crippen molar-refractivity contribution in [1.29, 1.82) is 0 Å². The molecule has 22 heavy (non-hydrogen) atoms. The third kappa shape index (κ3) is 3.73. The number of rotatable bonds is 4. The molecule has 0 spiro atoms. The van der Waals surface area contributed by atoms with Crippen molar-refractivity contribution in [3.8, 4) is 0 Å². The van der Waals surface area contributed by atoms with Crippen molar-refractivity contribution in [3.05, 3.63) is 71.8 Å². The van der Waals surface area contributed by atoms with Gasteiger partial charge in [-0.1, -0.05) is 60.7 Å². The summed E-state index contributed by atoms with van der Waals surface area (Å²) in [4.78, 5) is 29.3. The lowest BCUT2D eigenvalue weighted by Crippen LogP contribution is -2.33. The molecular weight excluding hydrogens is 278 g/mol. The van der Waals surface area contributed by atoms with Crippen LogP contribution in [0, 0.1) is 0 Å². The molecule has 0 saturated carbocycles. The maximum absolute atomic E-state index is 12.6. The van der Waals surface area contributed by atoms with E-state index in [2.05, 4.69) is 0 Å². The van der Waals surface area contributed by atoms with E-state index in [9.17, 15) is 9.59 Å². The number of hydroxylamine groups is 2. The fourth-order valence-electron chi connectivity index (χ4n) is 2.27. The lowest BCUT2D eigenvalue weighted by atomic mass is 9.91. The predicted octanol–water partition coefficient (Wildman–Crippen LogP) is 3.15. The fraction of sp³-hybridized carbons (Fsp3) is 0.222. The zero-order valence-corrected chi connectivity index (χ0v) is 12.7. The number of amides is 1. The van der Waals surface area contributed by atoms with E-state index in [0.717, 1.165) is 16.2 Å². The van der Waals surface area contributed by atoms with Gasteiger partial charge in [-0.15, -0.1) is 0 Å². The predicted molar refractivity (Wildman–Crippen MR) is 83.9 cm³/mol. The molecule has 0 aromatic heterocycles. The largest absolute Gasteiger partial charge is 0.344 e. The molecule has 0 bridgehead atoms. The lowest BCUT2D eigenvalue weighted by Gasteiger charge is -2.22. The normalized spacial score (nSPS) is 10.3. The van der Waals surface area contributed by atoms with E-state index in [0.29, 0.717) is 6.54 Å². The van der Waals surface area contributed by atoms with Crippen molar-refractivity contribution >= 4 is 11.9 Å². The molecule has 0 N–H and O–H groups in total. The Hall–Kier alpha value is -2.62. The summed E-state index contributed by atoms with van der Waals surface area (Å²) in [5.41, 5.74) is 1.66. The van der Waals surface area contributed by atoms with Gasteiger partial charge in [0.2, 0.25) is 0 Å². The maximum atomic E-state index is 12.6. The summed E-state index contributed by atoms with van der Waals surface area (Å²) >= 11 is 0. The number of carbonyl (C=O) groups excluding carboxylic acids is 2. The molecule has 0 atom stereocenters. The molecular formula is C18H19NO3. The van der Waals surface area contributed by atoms with Crippen LogP contribution < -0.4 is 0 Å². The van der Waals surface area contributed by atoms with Crippen LogP contribution in [0.1, 0.15) is 30.9 Å². The van der Waals surface area contributed by atoms with Crippen LogP contribution in [0.5, 0.6) is 0 Å². The van der Waals surface area contributed by atoms with Gasteiger partial charge < -0.3 is 4.84 Å². The zero-order valence-electron chi connectivity index (χ0n) is 12.7. The van der Waals surface area contributed by atoms with Gasteiger partial charge in [0, 0.05) is 6.92 Å². The van der Waals surface area contributed by atoms with E-state index in [4.69, 9.17) is 4.84 Å². The second kappa shape index (κ2) is 7.41. The van der Waals surface area contributed by atoms with E-state index in [1.807, 2.05) is 60.7 Å². The van der Waals surface area contributed by atoms with Crippen LogP contribution in [0.2, 0.25) is 0 Å². The Bertz CT molecular complexity index is 586. The molecule has 2 aromatic carbocycles. The minimum Gasteiger partial charge on any atom is -0.337 e. The minimum absolute atomic E-state index is 0.296. The quantitative estimate of drug-likeness (QED) is 0.814. The molecule has 1 amide bonds. The van der Waals surface area contributed by atoms with Crippen molar-refractivity contribution in [1.82, 2.24) is 5.06 Å². The third-order valence-corrected chi connectivity index (χ3v) is 3.34. The van der Waals surface area contributed by atoms with Crippen LogP contribution in [0.3, 0.4) is 0 Å². The molecule has 0 aliphatic heterocycles. The Labute approximate surface area is 130 Å². The molecule has 114 valence electrons. The first-order chi connectivity index (χ1) is 10.6. The van der Waals surface area contributed by atoms with Gasteiger partial charge in [0.1, 0.15) is 5.92 Å². The number of benzene rings is 2. The lowest BCUT2D eigenvalue weighted by molar-refractivity contribution is -0.196. The van der Waals surface area contributed by atoms with Crippen molar-refractivity contribution in [2.75, 3.05) is 6.54 Å². The summed E-state index contributed by atoms with van der Waals surface area (Å²) in [6, 6.07) is 18.8. The summed E-state index contributed by atoms with van der Waals surface area (Å²) < 4.78 is 0. The Morgan fingerprint density at radius 2 is 1.41 bits per heavy atom. The van der Waals surface area contributed by atoms with Crippen LogP contribution >= 0.6 is 0 Å². The van der Waals surface area contributed by atoms with Gasteiger partial charge in [-0.3, -0.25) is 4.79 Å². The van der Waals surface area contributed by atoms with Crippen molar-refractivity contribution in [2.45, 2.75) is 19.8 Å². The molecule has 0 saturated heterocycles. The Balaban J connectivity index is 2.33. The second-order valence-electron chi connectivity index (χ2n) is 4.88. The van der Waals surface area contributed by atoms with Crippen molar-refractivity contribution < 1.29 is 14.4 Å². The van der Waals surface area contributed by atoms with Crippen LogP contribution in [0.4, 0.5) is 0 Å². The molecule has 2 aromatic rings. The van der Waals surface area contributed by atoms with Crippen LogP contribution in [0.15, 0.2) is 60.7 Å². The summed E-state index contributed by atoms with van der Waals surface area (Å²) in [7, 11) is 0. The monoisotopic (exact) mass is 297 g/mol. The molecule has 0 aliphatic carbocycles. The molecule has 0 radical (unpaired) electrons. The van der Waals surface area contributed by atoms with Gasteiger partial charge in [-0.05, 0) is 18.1 Å². The third-order valence-electron chi connectivity index (χ3n) is 3.34. The van der Waals surface area contributed by atoms with Gasteiger partial charge in [0.15, 0.2) is 0 Å². The molecule has 4 nitrogen and oxygen atoms in total. The zero-order chi connectivity index (χ0) is 15.9. The number of hydrogen-bond donors (Lipinski definition) is 0. The SMILES string of the molecule is CCN(OC(=O)C(c1ccccc1)c1ccccc1)C(C)=O. The smallest absolute Gasteiger partial charge is 0.337 e. The second-order valence-corrected chi connectivity index (χ2v) is 4.88. The van der Waals surface area contributed by atoms with Gasteiger partial charge >= 0.3 is 5.97 Å². The topological polar surface area (TPSA) is 46.6 Å². The van der Waals surface area contributed by atoms with E-state index in [1.54, 1.807) is 6.92 Å². The van der Waals surface area contributed by atoms with E-state index >= 15 is 0 Å². The van der Waals surface area contributed by atoms with Crippen LogP contribution in [-0.4, -0.2) is 23.5 Å². The Morgan fingerprint density at radius 1 is 0.955 bits per heavy atom. The van der Waals surface area contributed by atoms with Crippen LogP contribution in [0.25, 0.3) is 0 Å². The highest BCUT2D eigenvalue weighted by molar-refractivity contribution is 5.83. The summed E-state index contributed by atoms with van der Waals surface area (Å²) in [6.07, 6.45) is 0. The minimum atomic E-state index is -0.559. The molecule has 0 heterocycles. The maximum Gasteiger partial charge on any atom is 0.344 e. The first-order valence-electron chi connectivity index (χ1n) is 7.23. The first-order valence-corrected chi connectivity index (χ1v) is 7.23. The van der Waals surface area contributed by atoms with E-state index in [-0.39, 0.29) is 5.91 Å². The molecule has 0 unspecified atom stereocenters. The van der Waals surface area contributed by atoms with E-state index < -0.39 is 11.9 Å². The van der Waals surface area contributed by atoms with Gasteiger partial charge in [-0.25, -0.2) is 4.79 Å². The summed E-state index contributed by atoms with van der Waals surface area (Å²) in [5.74, 6) is -1.32. The van der Waals surface area contributed by atoms with E-state index in [1.165, 1.54) is 6.92 Å². The van der Waals surface area contributed by atoms with Crippen molar-refractivity contribution in [2.24, 2.45) is 0 Å². The molecule has 2 rings (SSSR count). The first kappa shape index (κ1) is 15.8. The molecule has 4 heteroatoms. The number of carbonyl (C=O) groups is 2. The number of nitrogens with zero attached hydrogens (tertiary/aromatic N) is 1.